The number of methoxy groups -OCH3 is 2. The number of amides is 3. The van der Waals surface area contributed by atoms with E-state index < -0.39 is 11.9 Å². The van der Waals surface area contributed by atoms with Gasteiger partial charge in [0.15, 0.2) is 0 Å². The van der Waals surface area contributed by atoms with E-state index in [4.69, 9.17) is 9.47 Å². The highest BCUT2D eigenvalue weighted by Gasteiger charge is 2.34. The molecule has 0 saturated carbocycles. The van der Waals surface area contributed by atoms with Crippen LogP contribution < -0.4 is 15.4 Å². The van der Waals surface area contributed by atoms with Crippen molar-refractivity contribution in [2.24, 2.45) is 5.92 Å². The average molecular weight is 472 g/mol. The van der Waals surface area contributed by atoms with Crippen molar-refractivity contribution in [3.8, 4) is 5.75 Å². The van der Waals surface area contributed by atoms with Crippen molar-refractivity contribution in [1.29, 1.82) is 0 Å². The van der Waals surface area contributed by atoms with Crippen molar-refractivity contribution < 1.29 is 28.2 Å². The molecule has 0 bridgehead atoms. The number of nitrogens with one attached hydrogen (secondary N) is 2. The third kappa shape index (κ3) is 6.32. The van der Waals surface area contributed by atoms with Gasteiger partial charge in [-0.25, -0.2) is 4.39 Å². The van der Waals surface area contributed by atoms with E-state index in [0.29, 0.717) is 50.4 Å². The van der Waals surface area contributed by atoms with E-state index in [9.17, 15) is 18.8 Å². The quantitative estimate of drug-likeness (QED) is 0.547. The van der Waals surface area contributed by atoms with E-state index in [2.05, 4.69) is 10.6 Å². The smallest absolute Gasteiger partial charge is 0.256 e. The lowest BCUT2D eigenvalue weighted by molar-refractivity contribution is -0.124. The number of carbonyl (C=O) groups is 3. The van der Waals surface area contributed by atoms with Gasteiger partial charge in [0.25, 0.3) is 11.8 Å². The molecule has 2 N–H and O–H groups in total. The Bertz CT molecular complexity index is 990. The molecule has 0 aliphatic carbocycles. The van der Waals surface area contributed by atoms with Gasteiger partial charge in [-0.1, -0.05) is 12.1 Å². The van der Waals surface area contributed by atoms with Crippen LogP contribution in [0.4, 0.5) is 4.39 Å². The molecule has 2 aromatic carbocycles. The number of ether oxygens (including phenoxy) is 2. The van der Waals surface area contributed by atoms with Crippen LogP contribution in [-0.2, 0) is 9.53 Å². The predicted octanol–water partition coefficient (Wildman–Crippen LogP) is 2.25. The van der Waals surface area contributed by atoms with Crippen molar-refractivity contribution in [2.75, 3.05) is 40.5 Å². The Morgan fingerprint density at radius 3 is 2.35 bits per heavy atom. The van der Waals surface area contributed by atoms with Gasteiger partial charge in [-0.15, -0.1) is 0 Å². The first-order valence-electron chi connectivity index (χ1n) is 11.2. The molecule has 1 heterocycles. The Kier molecular flexibility index (Phi) is 8.98. The molecule has 9 heteroatoms. The SMILES string of the molecule is COCCNC(=O)[C@@H](NC(=O)c1ccc(OC)cc1)C1CCN(C(=O)c2ccccc2F)CC1. The summed E-state index contributed by atoms with van der Waals surface area (Å²) < 4.78 is 24.2. The lowest BCUT2D eigenvalue weighted by Crippen LogP contribution is -2.54. The van der Waals surface area contributed by atoms with E-state index in [1.807, 2.05) is 0 Å². The van der Waals surface area contributed by atoms with Crippen molar-refractivity contribution in [1.82, 2.24) is 15.5 Å². The lowest BCUT2D eigenvalue weighted by Gasteiger charge is -2.36. The Morgan fingerprint density at radius 1 is 1.06 bits per heavy atom. The molecule has 1 saturated heterocycles. The maximum atomic E-state index is 14.0. The summed E-state index contributed by atoms with van der Waals surface area (Å²) in [5, 5.41) is 5.65. The molecule has 1 atom stereocenters. The largest absolute Gasteiger partial charge is 0.497 e. The van der Waals surface area contributed by atoms with Gasteiger partial charge >= 0.3 is 0 Å². The minimum Gasteiger partial charge on any atom is -0.497 e. The number of hydrogen-bond acceptors (Lipinski definition) is 5. The molecule has 3 rings (SSSR count). The number of carbonyl (C=O) groups excluding carboxylic acids is 3. The van der Waals surface area contributed by atoms with Crippen LogP contribution in [-0.4, -0.2) is 69.1 Å². The lowest BCUT2D eigenvalue weighted by atomic mass is 9.88. The maximum absolute atomic E-state index is 14.0. The van der Waals surface area contributed by atoms with Crippen molar-refractivity contribution >= 4 is 17.7 Å². The predicted molar refractivity (Wildman–Crippen MR) is 124 cm³/mol. The number of benzene rings is 2. The Morgan fingerprint density at radius 2 is 1.74 bits per heavy atom. The Balaban J connectivity index is 1.68. The van der Waals surface area contributed by atoms with Gasteiger partial charge in [0.1, 0.15) is 17.6 Å². The topological polar surface area (TPSA) is 97.0 Å². The summed E-state index contributed by atoms with van der Waals surface area (Å²) in [6.07, 6.45) is 0.983. The van der Waals surface area contributed by atoms with Crippen LogP contribution >= 0.6 is 0 Å². The summed E-state index contributed by atoms with van der Waals surface area (Å²) in [5.41, 5.74) is 0.435. The molecular formula is C25H30FN3O5. The highest BCUT2D eigenvalue weighted by atomic mass is 19.1. The number of halogens is 1. The van der Waals surface area contributed by atoms with Gasteiger partial charge in [-0.2, -0.15) is 0 Å². The van der Waals surface area contributed by atoms with Crippen molar-refractivity contribution in [2.45, 2.75) is 18.9 Å². The molecule has 182 valence electrons. The number of hydrogen-bond donors (Lipinski definition) is 2. The second-order valence-electron chi connectivity index (χ2n) is 8.07. The van der Waals surface area contributed by atoms with Crippen LogP contribution in [0.3, 0.4) is 0 Å². The number of piperidine rings is 1. The summed E-state index contributed by atoms with van der Waals surface area (Å²) in [7, 11) is 3.08. The fourth-order valence-corrected chi connectivity index (χ4v) is 3.99. The minimum absolute atomic E-state index is 0.0302. The van der Waals surface area contributed by atoms with E-state index in [-0.39, 0.29) is 29.2 Å². The van der Waals surface area contributed by atoms with Gasteiger partial charge < -0.3 is 25.0 Å². The number of rotatable bonds is 9. The number of likely N-dealkylation sites (tertiary alicyclic amines) is 1. The molecule has 0 radical (unpaired) electrons. The molecule has 0 unspecified atom stereocenters. The van der Waals surface area contributed by atoms with Crippen molar-refractivity contribution in [3.05, 3.63) is 65.5 Å². The summed E-state index contributed by atoms with van der Waals surface area (Å²) in [6, 6.07) is 11.7. The second-order valence-corrected chi connectivity index (χ2v) is 8.07. The molecule has 1 fully saturated rings. The summed E-state index contributed by atoms with van der Waals surface area (Å²) in [6.45, 7) is 1.38. The first-order valence-corrected chi connectivity index (χ1v) is 11.2. The Hall–Kier alpha value is -3.46. The van der Waals surface area contributed by atoms with Crippen LogP contribution in [0.5, 0.6) is 5.75 Å². The third-order valence-corrected chi connectivity index (χ3v) is 5.93. The second kappa shape index (κ2) is 12.1. The Labute approximate surface area is 198 Å². The zero-order valence-corrected chi connectivity index (χ0v) is 19.4. The van der Waals surface area contributed by atoms with Crippen LogP contribution in [0.25, 0.3) is 0 Å². The van der Waals surface area contributed by atoms with Crippen LogP contribution in [0, 0.1) is 11.7 Å². The highest BCUT2D eigenvalue weighted by molar-refractivity contribution is 5.98. The zero-order valence-electron chi connectivity index (χ0n) is 19.4. The zero-order chi connectivity index (χ0) is 24.5. The fraction of sp³-hybridized carbons (Fsp3) is 0.400. The molecule has 8 nitrogen and oxygen atoms in total. The molecule has 0 aromatic heterocycles. The summed E-state index contributed by atoms with van der Waals surface area (Å²) >= 11 is 0. The molecule has 3 amide bonds. The minimum atomic E-state index is -0.780. The van der Waals surface area contributed by atoms with Gasteiger partial charge in [0.05, 0.1) is 19.3 Å². The summed E-state index contributed by atoms with van der Waals surface area (Å²) in [4.78, 5) is 40.1. The molecule has 0 spiro atoms. The molecular weight excluding hydrogens is 441 g/mol. The van der Waals surface area contributed by atoms with Crippen molar-refractivity contribution in [3.63, 3.8) is 0 Å². The monoisotopic (exact) mass is 471 g/mol. The normalized spacial score (nSPS) is 14.9. The maximum Gasteiger partial charge on any atom is 0.256 e. The summed E-state index contributed by atoms with van der Waals surface area (Å²) in [5.74, 6) is -1.18. The molecule has 1 aliphatic heterocycles. The molecule has 2 aromatic rings. The highest BCUT2D eigenvalue weighted by Crippen LogP contribution is 2.24. The fourth-order valence-electron chi connectivity index (χ4n) is 3.99. The third-order valence-electron chi connectivity index (χ3n) is 5.93. The van der Waals surface area contributed by atoms with Gasteiger partial charge in [-0.05, 0) is 55.2 Å². The van der Waals surface area contributed by atoms with E-state index in [0.717, 1.165) is 0 Å². The van der Waals surface area contributed by atoms with E-state index in [1.165, 1.54) is 25.3 Å². The van der Waals surface area contributed by atoms with Crippen LogP contribution in [0.2, 0.25) is 0 Å². The number of nitrogens with zero attached hydrogens (tertiary/aromatic N) is 1. The van der Waals surface area contributed by atoms with Gasteiger partial charge in [0, 0.05) is 32.3 Å². The van der Waals surface area contributed by atoms with Gasteiger partial charge in [-0.3, -0.25) is 14.4 Å². The van der Waals surface area contributed by atoms with E-state index >= 15 is 0 Å². The first-order chi connectivity index (χ1) is 16.4. The van der Waals surface area contributed by atoms with Crippen LogP contribution in [0.1, 0.15) is 33.6 Å². The average Bonchev–Trinajstić information content (AvgIpc) is 2.87. The molecule has 34 heavy (non-hydrogen) atoms. The van der Waals surface area contributed by atoms with E-state index in [1.54, 1.807) is 42.3 Å². The van der Waals surface area contributed by atoms with Crippen LogP contribution in [0.15, 0.2) is 48.5 Å². The first kappa shape index (κ1) is 25.2. The standard InChI is InChI=1S/C25H30FN3O5/c1-33-16-13-27-24(31)22(28-23(30)18-7-9-19(34-2)10-8-18)17-11-14-29(15-12-17)25(32)20-5-3-4-6-21(20)26/h3-10,17,22H,11-16H2,1-2H3,(H,27,31)(H,28,30)/t22-/m0/s1. The van der Waals surface area contributed by atoms with Gasteiger partial charge in [0.2, 0.25) is 5.91 Å². The molecule has 1 aliphatic rings.